The van der Waals surface area contributed by atoms with E-state index in [0.717, 1.165) is 43.6 Å². The number of methoxy groups -OCH3 is 1. The molecule has 1 N–H and O–H groups in total. The molecule has 4 bridgehead atoms. The van der Waals surface area contributed by atoms with Crippen LogP contribution in [-0.4, -0.2) is 42.1 Å². The zero-order valence-corrected chi connectivity index (χ0v) is 16.1. The Labute approximate surface area is 160 Å². The van der Waals surface area contributed by atoms with Crippen LogP contribution in [0.1, 0.15) is 31.0 Å². The molecule has 138 valence electrons. The van der Waals surface area contributed by atoms with Gasteiger partial charge in [-0.1, -0.05) is 36.8 Å². The molecule has 4 aliphatic rings. The molecule has 2 aromatic rings. The lowest BCUT2D eigenvalue weighted by molar-refractivity contribution is -0.153. The second-order valence-electron chi connectivity index (χ2n) is 7.69. The maximum atomic E-state index is 13.2. The van der Waals surface area contributed by atoms with Crippen molar-refractivity contribution < 1.29 is 9.53 Å². The van der Waals surface area contributed by atoms with Crippen LogP contribution in [0.15, 0.2) is 35.9 Å². The third-order valence-corrected chi connectivity index (χ3v) is 6.55. The highest BCUT2D eigenvalue weighted by Crippen LogP contribution is 2.52. The first-order valence-electron chi connectivity index (χ1n) is 9.32. The van der Waals surface area contributed by atoms with Crippen molar-refractivity contribution in [3.05, 3.63) is 47.2 Å². The topological polar surface area (TPSA) is 45.3 Å². The predicted molar refractivity (Wildman–Crippen MR) is 105 cm³/mol. The van der Waals surface area contributed by atoms with Crippen molar-refractivity contribution in [3.8, 4) is 0 Å². The average molecular weight is 373 g/mol. The molecule has 3 aliphatic heterocycles. The molecule has 4 heterocycles. The number of esters is 1. The number of nitrogens with zero attached hydrogens (tertiary/aromatic N) is 1. The predicted octanol–water partition coefficient (Wildman–Crippen LogP) is 3.60. The molecule has 0 amide bonds. The molecular weight excluding hydrogens is 348 g/mol. The number of nitrogens with one attached hydrogen (secondary N) is 1. The number of fused-ring (bicyclic) bond motifs is 3. The number of rotatable bonds is 2. The van der Waals surface area contributed by atoms with Crippen LogP contribution in [0.3, 0.4) is 0 Å². The lowest BCUT2D eigenvalue weighted by Crippen LogP contribution is -2.63. The van der Waals surface area contributed by atoms with E-state index in [1.165, 1.54) is 23.6 Å². The third-order valence-electron chi connectivity index (χ3n) is 6.55. The minimum absolute atomic E-state index is 0. The molecule has 0 saturated carbocycles. The van der Waals surface area contributed by atoms with Crippen LogP contribution < -0.4 is 0 Å². The number of hydrogen-bond donors (Lipinski definition) is 1. The highest BCUT2D eigenvalue weighted by atomic mass is 35.5. The fraction of sp³-hybridized carbons (Fsp3) is 0.476. The number of carbonyl (C=O) groups excluding carboxylic acids is 1. The minimum Gasteiger partial charge on any atom is -0.468 e. The van der Waals surface area contributed by atoms with E-state index >= 15 is 0 Å². The van der Waals surface area contributed by atoms with Gasteiger partial charge >= 0.3 is 5.97 Å². The molecule has 1 saturated heterocycles. The molecule has 6 rings (SSSR count). The Kier molecular flexibility index (Phi) is 4.16. The van der Waals surface area contributed by atoms with Gasteiger partial charge in [0.2, 0.25) is 0 Å². The van der Waals surface area contributed by atoms with Gasteiger partial charge in [0, 0.05) is 29.7 Å². The summed E-state index contributed by atoms with van der Waals surface area (Å²) in [5.41, 5.74) is 4.36. The zero-order chi connectivity index (χ0) is 17.2. The second kappa shape index (κ2) is 6.14. The largest absolute Gasteiger partial charge is 0.468 e. The molecule has 4 nitrogen and oxygen atoms in total. The molecule has 4 atom stereocenters. The van der Waals surface area contributed by atoms with Crippen molar-refractivity contribution in [3.63, 3.8) is 0 Å². The second-order valence-corrected chi connectivity index (χ2v) is 7.69. The van der Waals surface area contributed by atoms with Gasteiger partial charge in [0.05, 0.1) is 13.2 Å². The Morgan fingerprint density at radius 3 is 2.96 bits per heavy atom. The Morgan fingerprint density at radius 1 is 1.38 bits per heavy atom. The molecule has 0 spiro atoms. The van der Waals surface area contributed by atoms with Gasteiger partial charge in [-0.05, 0) is 36.8 Å². The summed E-state index contributed by atoms with van der Waals surface area (Å²) in [4.78, 5) is 19.4. The van der Waals surface area contributed by atoms with Gasteiger partial charge in [0.25, 0.3) is 0 Å². The first kappa shape index (κ1) is 17.6. The van der Waals surface area contributed by atoms with E-state index in [2.05, 4.69) is 47.1 Å². The minimum atomic E-state index is -0.595. The van der Waals surface area contributed by atoms with Crippen molar-refractivity contribution in [2.45, 2.75) is 37.6 Å². The fourth-order valence-electron chi connectivity index (χ4n) is 5.71. The molecule has 2 unspecified atom stereocenters. The van der Waals surface area contributed by atoms with Crippen molar-refractivity contribution in [1.82, 2.24) is 9.88 Å². The van der Waals surface area contributed by atoms with Crippen molar-refractivity contribution in [1.29, 1.82) is 0 Å². The number of aromatic amines is 1. The van der Waals surface area contributed by atoms with Crippen LogP contribution in [0.25, 0.3) is 10.9 Å². The molecular formula is C21H25ClN2O2. The summed E-state index contributed by atoms with van der Waals surface area (Å²) in [5.74, 6) is 0.345. The highest BCUT2D eigenvalue weighted by Gasteiger charge is 2.60. The van der Waals surface area contributed by atoms with E-state index in [0.29, 0.717) is 5.92 Å². The van der Waals surface area contributed by atoms with Crippen LogP contribution in [0.5, 0.6) is 0 Å². The van der Waals surface area contributed by atoms with E-state index in [-0.39, 0.29) is 24.4 Å². The monoisotopic (exact) mass is 372 g/mol. The summed E-state index contributed by atoms with van der Waals surface area (Å²) < 4.78 is 5.41. The van der Waals surface area contributed by atoms with Gasteiger partial charge in [-0.2, -0.15) is 0 Å². The molecule has 5 heteroatoms. The zero-order valence-electron chi connectivity index (χ0n) is 15.2. The molecule has 26 heavy (non-hydrogen) atoms. The Hall–Kier alpha value is -1.78. The van der Waals surface area contributed by atoms with Crippen molar-refractivity contribution in [2.75, 3.05) is 20.2 Å². The normalized spacial score (nSPS) is 31.6. The van der Waals surface area contributed by atoms with Crippen LogP contribution in [0.4, 0.5) is 0 Å². The summed E-state index contributed by atoms with van der Waals surface area (Å²) in [6.45, 7) is 4.28. The number of hydrogen-bond acceptors (Lipinski definition) is 3. The fourth-order valence-corrected chi connectivity index (χ4v) is 5.71. The number of piperidine rings is 1. The van der Waals surface area contributed by atoms with Gasteiger partial charge in [0.1, 0.15) is 5.41 Å². The third kappa shape index (κ3) is 2.09. The smallest absolute Gasteiger partial charge is 0.319 e. The van der Waals surface area contributed by atoms with Crippen LogP contribution in [0, 0.1) is 5.92 Å². The highest BCUT2D eigenvalue weighted by molar-refractivity contribution is 5.92. The maximum absolute atomic E-state index is 13.2. The Balaban J connectivity index is 0.00000168. The summed E-state index contributed by atoms with van der Waals surface area (Å²) in [6, 6.07) is 8.56. The Bertz CT molecular complexity index is 903. The molecule has 1 fully saturated rings. The molecule has 1 aromatic heterocycles. The summed E-state index contributed by atoms with van der Waals surface area (Å²) in [6.07, 6.45) is 5.25. The lowest BCUT2D eigenvalue weighted by atomic mass is 9.60. The standard InChI is InChI=1S/C21H24N2O2.ClH/c1-3-14-10-13-11-21(20(24)25-2)18-16(8-9-23(12-13)19(14)21)15-6-4-5-7-17(15)22-18;/h4-7,10,13,19,22H,3,8-9,11-12H2,1-2H3;1H/t13-,19?,21-;/m0./s1. The number of benzene rings is 1. The van der Waals surface area contributed by atoms with Crippen LogP contribution in [-0.2, 0) is 21.4 Å². The first-order valence-corrected chi connectivity index (χ1v) is 9.32. The van der Waals surface area contributed by atoms with Crippen LogP contribution in [0.2, 0.25) is 0 Å². The van der Waals surface area contributed by atoms with E-state index < -0.39 is 5.41 Å². The summed E-state index contributed by atoms with van der Waals surface area (Å²) in [7, 11) is 1.53. The number of halogens is 1. The van der Waals surface area contributed by atoms with Gasteiger partial charge in [0.15, 0.2) is 0 Å². The van der Waals surface area contributed by atoms with E-state index in [9.17, 15) is 4.79 Å². The molecule has 0 radical (unpaired) electrons. The number of H-pyrrole nitrogens is 1. The SMILES string of the molecule is CCC1=C[C@@H]2CN3CCc4c([nH]c5ccccc45)[C@@](C(=O)OC)(C2)C13.Cl. The van der Waals surface area contributed by atoms with Gasteiger partial charge in [-0.3, -0.25) is 9.69 Å². The maximum Gasteiger partial charge on any atom is 0.319 e. The van der Waals surface area contributed by atoms with Crippen LogP contribution >= 0.6 is 12.4 Å². The van der Waals surface area contributed by atoms with Gasteiger partial charge < -0.3 is 9.72 Å². The first-order chi connectivity index (χ1) is 12.2. The van der Waals surface area contributed by atoms with Crippen molar-refractivity contribution in [2.24, 2.45) is 5.92 Å². The number of ether oxygens (including phenoxy) is 1. The molecule has 1 aromatic carbocycles. The number of aromatic nitrogens is 1. The quantitative estimate of drug-likeness (QED) is 0.647. The molecule has 1 aliphatic carbocycles. The summed E-state index contributed by atoms with van der Waals surface area (Å²) in [5, 5.41) is 1.26. The van der Waals surface area contributed by atoms with Crippen molar-refractivity contribution >= 4 is 29.3 Å². The number of carbonyl (C=O) groups is 1. The van der Waals surface area contributed by atoms with Gasteiger partial charge in [-0.25, -0.2) is 0 Å². The van der Waals surface area contributed by atoms with E-state index in [1.807, 2.05) is 0 Å². The average Bonchev–Trinajstić information content (AvgIpc) is 3.00. The lowest BCUT2D eigenvalue weighted by Gasteiger charge is -2.53. The Morgan fingerprint density at radius 2 is 2.19 bits per heavy atom. The van der Waals surface area contributed by atoms with E-state index in [1.54, 1.807) is 0 Å². The van der Waals surface area contributed by atoms with E-state index in [4.69, 9.17) is 4.74 Å². The summed E-state index contributed by atoms with van der Waals surface area (Å²) >= 11 is 0. The number of para-hydroxylation sites is 1. The van der Waals surface area contributed by atoms with Gasteiger partial charge in [-0.15, -0.1) is 12.4 Å².